The van der Waals surface area contributed by atoms with Crippen LogP contribution < -0.4 is 10.1 Å². The maximum absolute atomic E-state index is 13.0. The number of aromatic amines is 1. The number of ether oxygens (including phenoxy) is 1. The van der Waals surface area contributed by atoms with E-state index in [4.69, 9.17) is 4.74 Å². The fourth-order valence-electron chi connectivity index (χ4n) is 4.05. The van der Waals surface area contributed by atoms with E-state index in [-0.39, 0.29) is 23.7 Å². The van der Waals surface area contributed by atoms with Gasteiger partial charge in [0.25, 0.3) is 5.91 Å². The van der Waals surface area contributed by atoms with E-state index in [0.29, 0.717) is 31.7 Å². The van der Waals surface area contributed by atoms with E-state index in [9.17, 15) is 9.59 Å². The minimum atomic E-state index is -0.313. The lowest BCUT2D eigenvalue weighted by molar-refractivity contribution is -0.124. The summed E-state index contributed by atoms with van der Waals surface area (Å²) < 4.78 is 5.22. The van der Waals surface area contributed by atoms with Crippen LogP contribution in [0.4, 0.5) is 0 Å². The molecule has 1 aliphatic rings. The Bertz CT molecular complexity index is 1100. The standard InChI is InChI=1S/C26H30N4O3/c1-17(2)23-15-24(29-28-23)26(32)30-13-12-27-25(31)21(16-30)14-18-4-6-19(7-5-18)20-8-10-22(33-3)11-9-20/h4-11,15,17,21H,12-14,16H2,1-3H3,(H,27,31)(H,28,29)/t21-/m1/s1. The second-order valence-corrected chi connectivity index (χ2v) is 8.73. The van der Waals surface area contributed by atoms with Crippen LogP contribution in [0.1, 0.15) is 41.5 Å². The van der Waals surface area contributed by atoms with Gasteiger partial charge in [0.15, 0.2) is 0 Å². The Hall–Kier alpha value is -3.61. The molecule has 2 N–H and O–H groups in total. The normalized spacial score (nSPS) is 16.4. The first-order chi connectivity index (χ1) is 15.9. The van der Waals surface area contributed by atoms with Crippen LogP contribution in [-0.2, 0) is 11.2 Å². The number of rotatable bonds is 6. The molecule has 33 heavy (non-hydrogen) atoms. The van der Waals surface area contributed by atoms with E-state index < -0.39 is 0 Å². The van der Waals surface area contributed by atoms with Crippen molar-refractivity contribution in [3.8, 4) is 16.9 Å². The van der Waals surface area contributed by atoms with Crippen molar-refractivity contribution >= 4 is 11.8 Å². The molecule has 0 spiro atoms. The number of hydrogen-bond acceptors (Lipinski definition) is 4. The van der Waals surface area contributed by atoms with Gasteiger partial charge in [-0.25, -0.2) is 0 Å². The highest BCUT2D eigenvalue weighted by atomic mass is 16.5. The molecule has 0 radical (unpaired) electrons. The Labute approximate surface area is 194 Å². The van der Waals surface area contributed by atoms with Crippen molar-refractivity contribution in [3.05, 3.63) is 71.5 Å². The largest absolute Gasteiger partial charge is 0.497 e. The number of carbonyl (C=O) groups is 2. The molecule has 1 saturated heterocycles. The molecule has 0 bridgehead atoms. The predicted octanol–water partition coefficient (Wildman–Crippen LogP) is 3.64. The average Bonchev–Trinajstić information content (AvgIpc) is 3.26. The van der Waals surface area contributed by atoms with Gasteiger partial charge in [-0.2, -0.15) is 5.10 Å². The van der Waals surface area contributed by atoms with Gasteiger partial charge in [0, 0.05) is 25.3 Å². The molecule has 7 heteroatoms. The molecule has 1 atom stereocenters. The Kier molecular flexibility index (Phi) is 6.77. The first kappa shape index (κ1) is 22.6. The van der Waals surface area contributed by atoms with E-state index in [0.717, 1.165) is 28.1 Å². The average molecular weight is 447 g/mol. The second-order valence-electron chi connectivity index (χ2n) is 8.73. The molecule has 4 rings (SSSR count). The number of aromatic nitrogens is 2. The lowest BCUT2D eigenvalue weighted by Crippen LogP contribution is -2.37. The zero-order valence-electron chi connectivity index (χ0n) is 19.3. The molecule has 0 saturated carbocycles. The summed E-state index contributed by atoms with van der Waals surface area (Å²) in [6.07, 6.45) is 0.566. The van der Waals surface area contributed by atoms with Gasteiger partial charge >= 0.3 is 0 Å². The van der Waals surface area contributed by atoms with Crippen molar-refractivity contribution in [2.24, 2.45) is 5.92 Å². The Morgan fingerprint density at radius 3 is 2.39 bits per heavy atom. The third-order valence-corrected chi connectivity index (χ3v) is 6.08. The van der Waals surface area contributed by atoms with Crippen LogP contribution in [-0.4, -0.2) is 53.7 Å². The van der Waals surface area contributed by atoms with Crippen LogP contribution in [0.15, 0.2) is 54.6 Å². The molecule has 7 nitrogen and oxygen atoms in total. The molecule has 0 aliphatic carbocycles. The van der Waals surface area contributed by atoms with E-state index >= 15 is 0 Å². The summed E-state index contributed by atoms with van der Waals surface area (Å²) in [4.78, 5) is 27.4. The van der Waals surface area contributed by atoms with Crippen LogP contribution in [0.3, 0.4) is 0 Å². The van der Waals surface area contributed by atoms with Crippen LogP contribution in [0.25, 0.3) is 11.1 Å². The maximum atomic E-state index is 13.0. The summed E-state index contributed by atoms with van der Waals surface area (Å²) in [6.45, 7) is 5.38. The van der Waals surface area contributed by atoms with E-state index in [2.05, 4.69) is 27.6 Å². The zero-order chi connectivity index (χ0) is 23.4. The SMILES string of the molecule is COc1ccc(-c2ccc(C[C@@H]3CN(C(=O)c4cc(C(C)C)[nH]n4)CCNC3=O)cc2)cc1. The van der Waals surface area contributed by atoms with Gasteiger partial charge in [-0.15, -0.1) is 0 Å². The fourth-order valence-corrected chi connectivity index (χ4v) is 4.05. The first-order valence-electron chi connectivity index (χ1n) is 11.3. The number of methoxy groups -OCH3 is 1. The van der Waals surface area contributed by atoms with E-state index in [1.54, 1.807) is 18.1 Å². The number of carbonyl (C=O) groups excluding carboxylic acids is 2. The Morgan fingerprint density at radius 2 is 1.79 bits per heavy atom. The number of hydrogen-bond donors (Lipinski definition) is 2. The molecular weight excluding hydrogens is 416 g/mol. The van der Waals surface area contributed by atoms with Gasteiger partial charge in [-0.05, 0) is 47.2 Å². The molecule has 2 heterocycles. The number of nitrogens with one attached hydrogen (secondary N) is 2. The van der Waals surface area contributed by atoms with Crippen molar-refractivity contribution in [3.63, 3.8) is 0 Å². The Balaban J connectivity index is 1.45. The lowest BCUT2D eigenvalue weighted by atomic mass is 9.96. The molecular formula is C26H30N4O3. The van der Waals surface area contributed by atoms with Crippen LogP contribution in [0, 0.1) is 5.92 Å². The molecule has 3 aromatic rings. The van der Waals surface area contributed by atoms with E-state index in [1.165, 1.54) is 0 Å². The summed E-state index contributed by atoms with van der Waals surface area (Å²) in [5.74, 6) is 0.611. The third kappa shape index (κ3) is 5.25. The first-order valence-corrected chi connectivity index (χ1v) is 11.3. The van der Waals surface area contributed by atoms with Gasteiger partial charge < -0.3 is 15.0 Å². The van der Waals surface area contributed by atoms with Crippen molar-refractivity contribution in [1.29, 1.82) is 0 Å². The van der Waals surface area contributed by atoms with Crippen molar-refractivity contribution in [2.75, 3.05) is 26.7 Å². The molecule has 0 unspecified atom stereocenters. The monoisotopic (exact) mass is 446 g/mol. The van der Waals surface area contributed by atoms with Crippen molar-refractivity contribution in [2.45, 2.75) is 26.2 Å². The highest BCUT2D eigenvalue weighted by Crippen LogP contribution is 2.24. The molecule has 1 fully saturated rings. The van der Waals surface area contributed by atoms with Crippen LogP contribution in [0.5, 0.6) is 5.75 Å². The zero-order valence-corrected chi connectivity index (χ0v) is 19.3. The number of H-pyrrole nitrogens is 1. The summed E-state index contributed by atoms with van der Waals surface area (Å²) in [7, 11) is 1.65. The highest BCUT2D eigenvalue weighted by molar-refractivity contribution is 5.93. The van der Waals surface area contributed by atoms with Gasteiger partial charge in [-0.3, -0.25) is 14.7 Å². The second kappa shape index (κ2) is 9.90. The molecule has 1 aromatic heterocycles. The number of amides is 2. The summed E-state index contributed by atoms with van der Waals surface area (Å²) >= 11 is 0. The molecule has 1 aliphatic heterocycles. The van der Waals surface area contributed by atoms with E-state index in [1.807, 2.05) is 50.2 Å². The fraction of sp³-hybridized carbons (Fsp3) is 0.346. The minimum absolute atomic E-state index is 0.0190. The van der Waals surface area contributed by atoms with Crippen LogP contribution >= 0.6 is 0 Å². The Morgan fingerprint density at radius 1 is 1.12 bits per heavy atom. The molecule has 2 aromatic carbocycles. The summed E-state index contributed by atoms with van der Waals surface area (Å²) in [6, 6.07) is 17.9. The third-order valence-electron chi connectivity index (χ3n) is 6.08. The summed E-state index contributed by atoms with van der Waals surface area (Å²) in [5, 5.41) is 10.1. The highest BCUT2D eigenvalue weighted by Gasteiger charge is 2.29. The van der Waals surface area contributed by atoms with Crippen LogP contribution in [0.2, 0.25) is 0 Å². The van der Waals surface area contributed by atoms with Gasteiger partial charge in [-0.1, -0.05) is 50.2 Å². The maximum Gasteiger partial charge on any atom is 0.274 e. The van der Waals surface area contributed by atoms with Gasteiger partial charge in [0.05, 0.1) is 13.0 Å². The quantitative estimate of drug-likeness (QED) is 0.605. The predicted molar refractivity (Wildman–Crippen MR) is 127 cm³/mol. The minimum Gasteiger partial charge on any atom is -0.497 e. The number of nitrogens with zero attached hydrogens (tertiary/aromatic N) is 2. The van der Waals surface area contributed by atoms with Gasteiger partial charge in [0.2, 0.25) is 5.91 Å². The molecule has 172 valence electrons. The van der Waals surface area contributed by atoms with Gasteiger partial charge in [0.1, 0.15) is 11.4 Å². The summed E-state index contributed by atoms with van der Waals surface area (Å²) in [5.41, 5.74) is 4.59. The van der Waals surface area contributed by atoms with Crippen molar-refractivity contribution in [1.82, 2.24) is 20.4 Å². The number of benzene rings is 2. The molecule has 2 amide bonds. The lowest BCUT2D eigenvalue weighted by Gasteiger charge is -2.22. The van der Waals surface area contributed by atoms with Crippen molar-refractivity contribution < 1.29 is 14.3 Å². The topological polar surface area (TPSA) is 87.3 Å². The smallest absolute Gasteiger partial charge is 0.274 e.